The number of halogens is 1. The molecule has 0 spiro atoms. The van der Waals surface area contributed by atoms with E-state index in [-0.39, 0.29) is 21.3 Å². The molecule has 0 atom stereocenters. The maximum atomic E-state index is 12.2. The molecule has 3 rings (SSSR count). The molecule has 112 valence electrons. The van der Waals surface area contributed by atoms with Crippen LogP contribution in [0.25, 0.3) is 11.0 Å². The van der Waals surface area contributed by atoms with Gasteiger partial charge in [0.15, 0.2) is 0 Å². The van der Waals surface area contributed by atoms with Crippen molar-refractivity contribution in [2.45, 2.75) is 4.90 Å². The standard InChI is InChI=1S/C15H9ClO5S/c16-12-3-1-2-4-14(12)22(18,19)21-11-7-5-10-6-8-15(17)20-13(10)9-11/h1-9H. The summed E-state index contributed by atoms with van der Waals surface area (Å²) in [6, 6.07) is 13.2. The summed E-state index contributed by atoms with van der Waals surface area (Å²) in [7, 11) is -4.07. The van der Waals surface area contributed by atoms with Crippen LogP contribution in [0.1, 0.15) is 0 Å². The third-order valence-electron chi connectivity index (χ3n) is 2.91. The quantitative estimate of drug-likeness (QED) is 0.542. The summed E-state index contributed by atoms with van der Waals surface area (Å²) in [5.41, 5.74) is -0.294. The summed E-state index contributed by atoms with van der Waals surface area (Å²) in [5, 5.41) is 0.719. The van der Waals surface area contributed by atoms with Gasteiger partial charge in [-0.05, 0) is 30.3 Å². The van der Waals surface area contributed by atoms with Gasteiger partial charge in [-0.1, -0.05) is 23.7 Å². The predicted molar refractivity (Wildman–Crippen MR) is 81.7 cm³/mol. The van der Waals surface area contributed by atoms with Crippen LogP contribution in [0.4, 0.5) is 0 Å². The van der Waals surface area contributed by atoms with Gasteiger partial charge in [-0.15, -0.1) is 0 Å². The van der Waals surface area contributed by atoms with Gasteiger partial charge < -0.3 is 8.60 Å². The van der Waals surface area contributed by atoms with Gasteiger partial charge in [0.05, 0.1) is 5.02 Å². The smallest absolute Gasteiger partial charge is 0.340 e. The van der Waals surface area contributed by atoms with Crippen molar-refractivity contribution in [3.05, 3.63) is 70.0 Å². The van der Waals surface area contributed by atoms with E-state index in [2.05, 4.69) is 0 Å². The van der Waals surface area contributed by atoms with E-state index in [9.17, 15) is 13.2 Å². The van der Waals surface area contributed by atoms with Crippen molar-refractivity contribution in [1.82, 2.24) is 0 Å². The molecule has 2 aromatic carbocycles. The van der Waals surface area contributed by atoms with Crippen LogP contribution < -0.4 is 9.81 Å². The Bertz CT molecular complexity index is 1010. The number of benzene rings is 2. The Labute approximate surface area is 130 Å². The second kappa shape index (κ2) is 5.47. The van der Waals surface area contributed by atoms with Crippen molar-refractivity contribution in [2.75, 3.05) is 0 Å². The third-order valence-corrected chi connectivity index (χ3v) is 4.65. The summed E-state index contributed by atoms with van der Waals surface area (Å²) < 4.78 is 34.5. The second-order valence-electron chi connectivity index (χ2n) is 4.42. The van der Waals surface area contributed by atoms with Crippen molar-refractivity contribution >= 4 is 32.7 Å². The second-order valence-corrected chi connectivity index (χ2v) is 6.34. The Morgan fingerprint density at radius 2 is 1.73 bits per heavy atom. The summed E-state index contributed by atoms with van der Waals surface area (Å²) in [6.07, 6.45) is 0. The first-order valence-corrected chi connectivity index (χ1v) is 7.97. The molecule has 0 aliphatic rings. The van der Waals surface area contributed by atoms with Crippen LogP contribution >= 0.6 is 11.6 Å². The molecule has 7 heteroatoms. The number of hydrogen-bond acceptors (Lipinski definition) is 5. The molecule has 0 N–H and O–H groups in total. The molecule has 0 radical (unpaired) electrons. The molecular weight excluding hydrogens is 328 g/mol. The van der Waals surface area contributed by atoms with Crippen molar-refractivity contribution in [1.29, 1.82) is 0 Å². The zero-order chi connectivity index (χ0) is 15.7. The lowest BCUT2D eigenvalue weighted by Crippen LogP contribution is -2.10. The summed E-state index contributed by atoms with van der Waals surface area (Å²) in [6.45, 7) is 0. The SMILES string of the molecule is O=c1ccc2ccc(OS(=O)(=O)c3ccccc3Cl)cc2o1. The molecule has 1 aromatic heterocycles. The Balaban J connectivity index is 2.02. The van der Waals surface area contributed by atoms with Crippen molar-refractivity contribution in [3.63, 3.8) is 0 Å². The largest absolute Gasteiger partial charge is 0.423 e. The first-order chi connectivity index (χ1) is 10.5. The highest BCUT2D eigenvalue weighted by molar-refractivity contribution is 7.87. The Morgan fingerprint density at radius 3 is 2.50 bits per heavy atom. The maximum Gasteiger partial charge on any atom is 0.340 e. The zero-order valence-electron chi connectivity index (χ0n) is 11.0. The van der Waals surface area contributed by atoms with Gasteiger partial charge in [-0.2, -0.15) is 8.42 Å². The summed E-state index contributed by atoms with van der Waals surface area (Å²) in [5.74, 6) is 0.0294. The minimum atomic E-state index is -4.07. The lowest BCUT2D eigenvalue weighted by molar-refractivity contribution is 0.485. The predicted octanol–water partition coefficient (Wildman–Crippen LogP) is 3.21. The van der Waals surface area contributed by atoms with Crippen LogP contribution in [0.2, 0.25) is 5.02 Å². The fraction of sp³-hybridized carbons (Fsp3) is 0. The number of fused-ring (bicyclic) bond motifs is 1. The molecule has 3 aromatic rings. The molecule has 0 aliphatic carbocycles. The first-order valence-electron chi connectivity index (χ1n) is 6.19. The highest BCUT2D eigenvalue weighted by Gasteiger charge is 2.20. The number of hydrogen-bond donors (Lipinski definition) is 0. The molecule has 0 bridgehead atoms. The summed E-state index contributed by atoms with van der Waals surface area (Å²) >= 11 is 5.87. The van der Waals surface area contributed by atoms with Gasteiger partial charge in [0.1, 0.15) is 16.2 Å². The van der Waals surface area contributed by atoms with Crippen LogP contribution in [-0.4, -0.2) is 8.42 Å². The fourth-order valence-corrected chi connectivity index (χ4v) is 3.33. The highest BCUT2D eigenvalue weighted by atomic mass is 35.5. The molecule has 0 fully saturated rings. The van der Waals surface area contributed by atoms with Crippen LogP contribution in [-0.2, 0) is 10.1 Å². The molecule has 22 heavy (non-hydrogen) atoms. The third kappa shape index (κ3) is 2.84. The maximum absolute atomic E-state index is 12.2. The molecule has 0 unspecified atom stereocenters. The van der Waals surface area contributed by atoms with E-state index < -0.39 is 15.7 Å². The average molecular weight is 337 g/mol. The van der Waals surface area contributed by atoms with Crippen molar-refractivity contribution in [2.24, 2.45) is 0 Å². The van der Waals surface area contributed by atoms with Crippen molar-refractivity contribution in [3.8, 4) is 5.75 Å². The Morgan fingerprint density at radius 1 is 1.00 bits per heavy atom. The van der Waals surface area contributed by atoms with Gasteiger partial charge in [0.2, 0.25) is 0 Å². The van der Waals surface area contributed by atoms with E-state index in [1.54, 1.807) is 24.3 Å². The molecule has 5 nitrogen and oxygen atoms in total. The average Bonchev–Trinajstić information content (AvgIpc) is 2.46. The fourth-order valence-electron chi connectivity index (χ4n) is 1.91. The van der Waals surface area contributed by atoms with Crippen LogP contribution in [0.3, 0.4) is 0 Å². The van der Waals surface area contributed by atoms with Crippen LogP contribution in [0, 0.1) is 0 Å². The lowest BCUT2D eigenvalue weighted by Gasteiger charge is -2.08. The Hall–Kier alpha value is -2.31. The van der Waals surface area contributed by atoms with Crippen molar-refractivity contribution < 1.29 is 17.0 Å². The van der Waals surface area contributed by atoms with Gasteiger partial charge >= 0.3 is 15.7 Å². The van der Waals surface area contributed by atoms with Gasteiger partial charge in [-0.25, -0.2) is 4.79 Å². The van der Waals surface area contributed by atoms with E-state index in [1.165, 1.54) is 30.3 Å². The van der Waals surface area contributed by atoms with E-state index in [0.29, 0.717) is 5.39 Å². The molecule has 0 amide bonds. The van der Waals surface area contributed by atoms with E-state index in [1.807, 2.05) is 0 Å². The minimum absolute atomic E-state index is 0.0294. The topological polar surface area (TPSA) is 73.6 Å². The van der Waals surface area contributed by atoms with E-state index >= 15 is 0 Å². The van der Waals surface area contributed by atoms with Gasteiger partial charge in [0.25, 0.3) is 0 Å². The molecule has 0 saturated heterocycles. The van der Waals surface area contributed by atoms with Gasteiger partial charge in [0, 0.05) is 17.5 Å². The Kier molecular flexibility index (Phi) is 3.64. The first kappa shape index (κ1) is 14.6. The molecule has 0 saturated carbocycles. The molecule has 0 aliphatic heterocycles. The van der Waals surface area contributed by atoms with Crippen LogP contribution in [0.5, 0.6) is 5.75 Å². The lowest BCUT2D eigenvalue weighted by atomic mass is 10.2. The summed E-state index contributed by atoms with van der Waals surface area (Å²) in [4.78, 5) is 11.1. The highest BCUT2D eigenvalue weighted by Crippen LogP contribution is 2.26. The van der Waals surface area contributed by atoms with E-state index in [0.717, 1.165) is 0 Å². The molecule has 1 heterocycles. The van der Waals surface area contributed by atoms with Crippen LogP contribution in [0.15, 0.2) is 68.7 Å². The molecular formula is C15H9ClO5S. The van der Waals surface area contributed by atoms with E-state index in [4.69, 9.17) is 20.2 Å². The van der Waals surface area contributed by atoms with Gasteiger partial charge in [-0.3, -0.25) is 0 Å². The minimum Gasteiger partial charge on any atom is -0.423 e. The monoisotopic (exact) mass is 336 g/mol. The zero-order valence-corrected chi connectivity index (χ0v) is 12.6. The normalized spacial score (nSPS) is 11.5. The number of rotatable bonds is 3.